The summed E-state index contributed by atoms with van der Waals surface area (Å²) in [6.07, 6.45) is 6.48. The third-order valence-electron chi connectivity index (χ3n) is 15.5. The number of Topliss-reactive ketones (excluding diaryl/α,β-unsaturated/α-hetero) is 2. The lowest BCUT2D eigenvalue weighted by atomic mass is 9.33. The summed E-state index contributed by atoms with van der Waals surface area (Å²) in [6, 6.07) is 3.87. The monoisotopic (exact) mass is 721 g/mol. The van der Waals surface area contributed by atoms with Crippen LogP contribution in [0.1, 0.15) is 131 Å². The summed E-state index contributed by atoms with van der Waals surface area (Å²) in [5, 5.41) is 14.4. The second-order valence-corrected chi connectivity index (χ2v) is 20.1. The van der Waals surface area contributed by atoms with Crippen LogP contribution in [-0.2, 0) is 35.3 Å². The lowest BCUT2D eigenvalue weighted by Gasteiger charge is -2.72. The molecule has 0 saturated heterocycles. The minimum Gasteiger partial charge on any atom is -0.481 e. The second-order valence-electron chi connectivity index (χ2n) is 19.1. The van der Waals surface area contributed by atoms with Crippen molar-refractivity contribution < 1.29 is 33.8 Å². The van der Waals surface area contributed by atoms with E-state index in [1.165, 1.54) is 0 Å². The fraction of sp³-hybridized carbons (Fsp3) is 0.738. The molecule has 0 aliphatic heterocycles. The highest BCUT2D eigenvalue weighted by Crippen LogP contribution is 2.76. The molecule has 8 atom stereocenters. The van der Waals surface area contributed by atoms with Crippen molar-refractivity contribution >= 4 is 40.7 Å². The van der Waals surface area contributed by atoms with Crippen LogP contribution in [0.2, 0.25) is 0 Å². The van der Waals surface area contributed by atoms with Gasteiger partial charge in [-0.05, 0) is 128 Å². The summed E-state index contributed by atoms with van der Waals surface area (Å²) in [7, 11) is 0. The molecule has 2 N–H and O–H groups in total. The molecule has 1 aromatic rings. The first-order chi connectivity index (χ1) is 23.7. The Hall–Kier alpha value is -2.81. The maximum atomic E-state index is 14.4. The van der Waals surface area contributed by atoms with Gasteiger partial charge in [0.1, 0.15) is 6.10 Å². The zero-order chi connectivity index (χ0) is 37.5. The summed E-state index contributed by atoms with van der Waals surface area (Å²) in [5.41, 5.74) is -0.965. The Morgan fingerprint density at radius 1 is 0.961 bits per heavy atom. The van der Waals surface area contributed by atoms with E-state index in [9.17, 15) is 29.1 Å². The minimum absolute atomic E-state index is 0.000507. The standard InChI is InChI=1S/C42H59NO7S/c1-24(2)32-27(44)21-42(34(46)35(47)43-23-25-11-10-20-51-25)19-18-40(8)26(33(32)42)12-13-29-39(7)16-15-30(50-31(45)22-37(3,4)36(48)49)38(5,6)28(39)14-17-41(29,40)9/h10-11,20,24,26,28-30H,12-19,21-23H2,1-9H3,(H,43,47)(H,48,49). The Morgan fingerprint density at radius 3 is 2.29 bits per heavy atom. The fourth-order valence-corrected chi connectivity index (χ4v) is 13.2. The zero-order valence-electron chi connectivity index (χ0n) is 32.2. The Bertz CT molecular complexity index is 1660. The van der Waals surface area contributed by atoms with Gasteiger partial charge in [-0.3, -0.25) is 24.0 Å². The van der Waals surface area contributed by atoms with Crippen molar-refractivity contribution in [3.05, 3.63) is 33.5 Å². The molecule has 4 saturated carbocycles. The quantitative estimate of drug-likeness (QED) is 0.194. The van der Waals surface area contributed by atoms with Crippen LogP contribution in [0.25, 0.3) is 0 Å². The van der Waals surface area contributed by atoms with Crippen LogP contribution < -0.4 is 5.32 Å². The first kappa shape index (κ1) is 37.9. The topological polar surface area (TPSA) is 127 Å². The van der Waals surface area contributed by atoms with Gasteiger partial charge in [-0.2, -0.15) is 0 Å². The first-order valence-corrected chi connectivity index (χ1v) is 20.1. The van der Waals surface area contributed by atoms with Crippen molar-refractivity contribution in [2.24, 2.45) is 56.2 Å². The number of carboxylic acid groups (broad SMARTS) is 1. The maximum absolute atomic E-state index is 14.4. The van der Waals surface area contributed by atoms with Crippen molar-refractivity contribution in [1.29, 1.82) is 0 Å². The number of allylic oxidation sites excluding steroid dienone is 2. The molecule has 8 nitrogen and oxygen atoms in total. The lowest BCUT2D eigenvalue weighted by molar-refractivity contribution is -0.233. The number of aliphatic carboxylic acids is 1. The number of esters is 1. The van der Waals surface area contributed by atoms with Gasteiger partial charge in [-0.15, -0.1) is 11.3 Å². The highest BCUT2D eigenvalue weighted by atomic mass is 32.1. The number of ether oxygens (including phenoxy) is 1. The van der Waals surface area contributed by atoms with Crippen LogP contribution in [0.3, 0.4) is 0 Å². The van der Waals surface area contributed by atoms with Gasteiger partial charge in [0, 0.05) is 16.7 Å². The van der Waals surface area contributed by atoms with E-state index in [1.807, 2.05) is 17.5 Å². The average Bonchev–Trinajstić information content (AvgIpc) is 3.67. The predicted octanol–water partition coefficient (Wildman–Crippen LogP) is 8.33. The van der Waals surface area contributed by atoms with E-state index in [2.05, 4.69) is 53.8 Å². The van der Waals surface area contributed by atoms with Crippen molar-refractivity contribution in [2.45, 2.75) is 139 Å². The van der Waals surface area contributed by atoms with E-state index in [0.717, 1.165) is 61.0 Å². The molecular weight excluding hydrogens is 663 g/mol. The van der Waals surface area contributed by atoms with Gasteiger partial charge >= 0.3 is 11.9 Å². The molecule has 0 aromatic carbocycles. The maximum Gasteiger partial charge on any atom is 0.309 e. The van der Waals surface area contributed by atoms with Crippen molar-refractivity contribution in [1.82, 2.24) is 5.32 Å². The average molecular weight is 722 g/mol. The SMILES string of the molecule is CC(C)C1=C2C3CCC4C5(C)CCC(OC(=O)CC(C)(C)C(=O)O)C(C)(C)C5CCC4(C)C3(C)CCC2(C(=O)C(=O)NCc2cccs2)CC1=O. The smallest absolute Gasteiger partial charge is 0.309 e. The molecule has 0 bridgehead atoms. The van der Waals surface area contributed by atoms with Crippen molar-refractivity contribution in [3.63, 3.8) is 0 Å². The van der Waals surface area contributed by atoms with E-state index in [1.54, 1.807) is 25.2 Å². The molecule has 5 aliphatic rings. The number of amides is 1. The first-order valence-electron chi connectivity index (χ1n) is 19.2. The van der Waals surface area contributed by atoms with Crippen molar-refractivity contribution in [3.8, 4) is 0 Å². The summed E-state index contributed by atoms with van der Waals surface area (Å²) >= 11 is 1.54. The molecule has 1 amide bonds. The van der Waals surface area contributed by atoms with Crippen molar-refractivity contribution in [2.75, 3.05) is 0 Å². The van der Waals surface area contributed by atoms with Crippen LogP contribution in [0.5, 0.6) is 0 Å². The number of nitrogens with one attached hydrogen (secondary N) is 1. The zero-order valence-corrected chi connectivity index (χ0v) is 33.0. The van der Waals surface area contributed by atoms with Gasteiger partial charge in [0.05, 0.1) is 23.8 Å². The Balaban J connectivity index is 1.29. The fourth-order valence-electron chi connectivity index (χ4n) is 12.6. The van der Waals surface area contributed by atoms with Crippen LogP contribution in [0.4, 0.5) is 0 Å². The second kappa shape index (κ2) is 12.7. The molecule has 5 aliphatic carbocycles. The van der Waals surface area contributed by atoms with E-state index in [-0.39, 0.29) is 58.2 Å². The van der Waals surface area contributed by atoms with Gasteiger partial charge < -0.3 is 15.2 Å². The largest absolute Gasteiger partial charge is 0.481 e. The number of thiophene rings is 1. The number of carbonyl (C=O) groups is 5. The van der Waals surface area contributed by atoms with Crippen LogP contribution in [0.15, 0.2) is 28.7 Å². The molecule has 1 heterocycles. The molecule has 1 aromatic heterocycles. The van der Waals surface area contributed by atoms with E-state index in [4.69, 9.17) is 4.74 Å². The number of ketones is 2. The Morgan fingerprint density at radius 2 is 1.67 bits per heavy atom. The predicted molar refractivity (Wildman–Crippen MR) is 197 cm³/mol. The number of hydrogen-bond acceptors (Lipinski definition) is 7. The summed E-state index contributed by atoms with van der Waals surface area (Å²) in [5.74, 6) is -1.70. The molecule has 280 valence electrons. The molecule has 8 unspecified atom stereocenters. The highest BCUT2D eigenvalue weighted by Gasteiger charge is 2.71. The van der Waals surface area contributed by atoms with E-state index in [0.29, 0.717) is 24.8 Å². The van der Waals surface area contributed by atoms with Gasteiger partial charge in [0.2, 0.25) is 5.78 Å². The molecule has 9 heteroatoms. The van der Waals surface area contributed by atoms with Crippen LogP contribution in [-0.4, -0.2) is 40.6 Å². The third-order valence-corrected chi connectivity index (χ3v) is 16.3. The van der Waals surface area contributed by atoms with Gasteiger partial charge in [0.15, 0.2) is 5.78 Å². The third kappa shape index (κ3) is 5.69. The van der Waals surface area contributed by atoms with Crippen LogP contribution >= 0.6 is 11.3 Å². The summed E-state index contributed by atoms with van der Waals surface area (Å²) in [6.45, 7) is 19.4. The van der Waals surface area contributed by atoms with E-state index >= 15 is 0 Å². The van der Waals surface area contributed by atoms with Gasteiger partial charge in [-0.25, -0.2) is 0 Å². The summed E-state index contributed by atoms with van der Waals surface area (Å²) < 4.78 is 6.13. The number of carboxylic acids is 1. The van der Waals surface area contributed by atoms with Gasteiger partial charge in [-0.1, -0.05) is 54.5 Å². The lowest BCUT2D eigenvalue weighted by Crippen LogP contribution is -2.66. The molecule has 0 spiro atoms. The van der Waals surface area contributed by atoms with E-state index < -0.39 is 34.5 Å². The Kier molecular flexibility index (Phi) is 9.41. The number of fused-ring (bicyclic) bond motifs is 7. The van der Waals surface area contributed by atoms with Crippen LogP contribution in [0, 0.1) is 56.2 Å². The normalized spacial score (nSPS) is 37.2. The Labute approximate surface area is 307 Å². The molecule has 4 fully saturated rings. The molecule has 0 radical (unpaired) electrons. The number of carbonyl (C=O) groups excluding carboxylic acids is 4. The molecule has 51 heavy (non-hydrogen) atoms. The van der Waals surface area contributed by atoms with Gasteiger partial charge in [0.25, 0.3) is 5.91 Å². The summed E-state index contributed by atoms with van der Waals surface area (Å²) in [4.78, 5) is 67.7. The number of hydrogen-bond donors (Lipinski definition) is 2. The minimum atomic E-state index is -1.18. The molecule has 6 rings (SSSR count). The highest BCUT2D eigenvalue weighted by molar-refractivity contribution is 7.09. The number of rotatable bonds is 9. The molecular formula is C42H59NO7S.